The van der Waals surface area contributed by atoms with Crippen LogP contribution in [0, 0.1) is 13.8 Å². The SMILES string of the molecule is Cc1cc(C)c2ccc(N(c3ccc(-c4ccccc4)cc3)c3ccc(-c4cc5ccccc5c5ccccc45)cc3)cc2c1. The van der Waals surface area contributed by atoms with Gasteiger partial charge < -0.3 is 4.90 Å². The molecule has 0 saturated carbocycles. The molecule has 0 saturated heterocycles. The fraction of sp³-hybridized carbons (Fsp3) is 0.0455. The van der Waals surface area contributed by atoms with Gasteiger partial charge in [-0.3, -0.25) is 0 Å². The Hall–Kier alpha value is -5.66. The molecule has 0 spiro atoms. The third-order valence-electron chi connectivity index (χ3n) is 8.98. The van der Waals surface area contributed by atoms with Crippen LogP contribution in [0.5, 0.6) is 0 Å². The molecule has 0 aliphatic carbocycles. The number of benzene rings is 8. The monoisotopic (exact) mass is 575 g/mol. The van der Waals surface area contributed by atoms with Crippen molar-refractivity contribution in [2.45, 2.75) is 13.8 Å². The van der Waals surface area contributed by atoms with Crippen LogP contribution in [0.2, 0.25) is 0 Å². The average Bonchev–Trinajstić information content (AvgIpc) is 3.09. The maximum absolute atomic E-state index is 2.37. The largest absolute Gasteiger partial charge is 0.310 e. The van der Waals surface area contributed by atoms with Gasteiger partial charge in [0, 0.05) is 17.1 Å². The normalized spacial score (nSPS) is 11.3. The molecule has 0 fully saturated rings. The molecule has 0 N–H and O–H groups in total. The summed E-state index contributed by atoms with van der Waals surface area (Å²) in [6.07, 6.45) is 0. The second-order valence-corrected chi connectivity index (χ2v) is 12.0. The molecule has 1 nitrogen and oxygen atoms in total. The molecule has 0 radical (unpaired) electrons. The zero-order valence-electron chi connectivity index (χ0n) is 25.5. The number of fused-ring (bicyclic) bond motifs is 4. The van der Waals surface area contributed by atoms with Gasteiger partial charge in [0.05, 0.1) is 0 Å². The lowest BCUT2D eigenvalue weighted by molar-refractivity contribution is 1.29. The lowest BCUT2D eigenvalue weighted by atomic mass is 9.93. The van der Waals surface area contributed by atoms with E-state index < -0.39 is 0 Å². The molecule has 0 unspecified atom stereocenters. The minimum absolute atomic E-state index is 1.13. The predicted molar refractivity (Wildman–Crippen MR) is 194 cm³/mol. The molecule has 8 aromatic rings. The summed E-state index contributed by atoms with van der Waals surface area (Å²) in [4.78, 5) is 2.37. The fourth-order valence-electron chi connectivity index (χ4n) is 6.84. The second-order valence-electron chi connectivity index (χ2n) is 12.0. The van der Waals surface area contributed by atoms with Crippen LogP contribution in [-0.4, -0.2) is 0 Å². The molecule has 0 atom stereocenters. The molecule has 8 rings (SSSR count). The highest BCUT2D eigenvalue weighted by molar-refractivity contribution is 6.13. The summed E-state index contributed by atoms with van der Waals surface area (Å²) in [5, 5.41) is 7.67. The van der Waals surface area contributed by atoms with Gasteiger partial charge in [-0.15, -0.1) is 0 Å². The minimum atomic E-state index is 1.13. The van der Waals surface area contributed by atoms with Crippen molar-refractivity contribution in [1.29, 1.82) is 0 Å². The van der Waals surface area contributed by atoms with Crippen LogP contribution in [0.1, 0.15) is 11.1 Å². The summed E-state index contributed by atoms with van der Waals surface area (Å²) in [6.45, 7) is 4.37. The zero-order valence-corrected chi connectivity index (χ0v) is 25.5. The Bertz CT molecular complexity index is 2310. The predicted octanol–water partition coefficient (Wildman–Crippen LogP) is 12.6. The molecular formula is C44H33N. The topological polar surface area (TPSA) is 3.24 Å². The van der Waals surface area contributed by atoms with E-state index in [0.717, 1.165) is 17.1 Å². The Morgan fingerprint density at radius 1 is 0.356 bits per heavy atom. The molecule has 214 valence electrons. The number of anilines is 3. The molecule has 1 heteroatoms. The van der Waals surface area contributed by atoms with Crippen molar-refractivity contribution in [1.82, 2.24) is 0 Å². The van der Waals surface area contributed by atoms with Crippen LogP contribution in [0.15, 0.2) is 164 Å². The van der Waals surface area contributed by atoms with Crippen molar-refractivity contribution in [3.63, 3.8) is 0 Å². The number of nitrogens with zero attached hydrogens (tertiary/aromatic N) is 1. The number of rotatable bonds is 5. The Balaban J connectivity index is 1.26. The number of hydrogen-bond acceptors (Lipinski definition) is 1. The van der Waals surface area contributed by atoms with Gasteiger partial charge in [-0.2, -0.15) is 0 Å². The van der Waals surface area contributed by atoms with E-state index in [-0.39, 0.29) is 0 Å². The van der Waals surface area contributed by atoms with E-state index in [2.05, 4.69) is 183 Å². The van der Waals surface area contributed by atoms with Crippen molar-refractivity contribution >= 4 is 49.4 Å². The summed E-state index contributed by atoms with van der Waals surface area (Å²) in [6, 6.07) is 59.7. The molecule has 8 aromatic carbocycles. The van der Waals surface area contributed by atoms with Gasteiger partial charge in [0.15, 0.2) is 0 Å². The quantitative estimate of drug-likeness (QED) is 0.185. The molecule has 0 aliphatic heterocycles. The molecular weight excluding hydrogens is 542 g/mol. The van der Waals surface area contributed by atoms with E-state index in [1.54, 1.807) is 0 Å². The standard InChI is InChI=1S/C44H33N/c1-30-26-31(2)40-25-24-39(28-36(40)27-30)45(37-20-16-33(17-21-37)32-10-4-3-5-11-32)38-22-18-34(19-23-38)44-29-35-12-6-7-13-41(35)42-14-8-9-15-43(42)44/h3-29H,1-2H3. The van der Waals surface area contributed by atoms with Crippen molar-refractivity contribution in [2.24, 2.45) is 0 Å². The third kappa shape index (κ3) is 4.93. The Labute approximate surface area is 264 Å². The molecule has 0 bridgehead atoms. The Kier molecular flexibility index (Phi) is 6.65. The fourth-order valence-corrected chi connectivity index (χ4v) is 6.84. The van der Waals surface area contributed by atoms with Gasteiger partial charge in [0.1, 0.15) is 0 Å². The van der Waals surface area contributed by atoms with Gasteiger partial charge in [-0.1, -0.05) is 127 Å². The second kappa shape index (κ2) is 11.1. The van der Waals surface area contributed by atoms with Crippen LogP contribution >= 0.6 is 0 Å². The van der Waals surface area contributed by atoms with E-state index in [9.17, 15) is 0 Å². The van der Waals surface area contributed by atoms with E-state index in [1.165, 1.54) is 65.7 Å². The summed E-state index contributed by atoms with van der Waals surface area (Å²) in [7, 11) is 0. The van der Waals surface area contributed by atoms with Crippen LogP contribution in [0.25, 0.3) is 54.6 Å². The van der Waals surface area contributed by atoms with Crippen LogP contribution in [-0.2, 0) is 0 Å². The van der Waals surface area contributed by atoms with Crippen molar-refractivity contribution in [3.8, 4) is 22.3 Å². The Morgan fingerprint density at radius 3 is 1.67 bits per heavy atom. The van der Waals surface area contributed by atoms with Crippen molar-refractivity contribution in [2.75, 3.05) is 4.90 Å². The minimum Gasteiger partial charge on any atom is -0.310 e. The van der Waals surface area contributed by atoms with E-state index in [0.29, 0.717) is 0 Å². The van der Waals surface area contributed by atoms with Gasteiger partial charge in [-0.25, -0.2) is 0 Å². The highest BCUT2D eigenvalue weighted by Gasteiger charge is 2.15. The maximum atomic E-state index is 2.37. The van der Waals surface area contributed by atoms with E-state index in [1.807, 2.05) is 0 Å². The molecule has 0 amide bonds. The lowest BCUT2D eigenvalue weighted by Crippen LogP contribution is -2.10. The van der Waals surface area contributed by atoms with Crippen molar-refractivity contribution in [3.05, 3.63) is 175 Å². The first kappa shape index (κ1) is 26.9. The summed E-state index contributed by atoms with van der Waals surface area (Å²) in [5.74, 6) is 0. The Morgan fingerprint density at radius 2 is 0.933 bits per heavy atom. The van der Waals surface area contributed by atoms with E-state index >= 15 is 0 Å². The highest BCUT2D eigenvalue weighted by Crippen LogP contribution is 2.40. The first-order chi connectivity index (χ1) is 22.1. The molecule has 0 aromatic heterocycles. The van der Waals surface area contributed by atoms with Crippen LogP contribution < -0.4 is 4.90 Å². The molecule has 0 aliphatic rings. The summed E-state index contributed by atoms with van der Waals surface area (Å²) >= 11 is 0. The lowest BCUT2D eigenvalue weighted by Gasteiger charge is -2.26. The van der Waals surface area contributed by atoms with Crippen LogP contribution in [0.4, 0.5) is 17.1 Å². The first-order valence-corrected chi connectivity index (χ1v) is 15.6. The summed E-state index contributed by atoms with van der Waals surface area (Å²) < 4.78 is 0. The van der Waals surface area contributed by atoms with Gasteiger partial charge >= 0.3 is 0 Å². The highest BCUT2D eigenvalue weighted by atomic mass is 15.1. The van der Waals surface area contributed by atoms with E-state index in [4.69, 9.17) is 0 Å². The first-order valence-electron chi connectivity index (χ1n) is 15.6. The molecule has 45 heavy (non-hydrogen) atoms. The van der Waals surface area contributed by atoms with Crippen LogP contribution in [0.3, 0.4) is 0 Å². The smallest absolute Gasteiger partial charge is 0.0468 e. The molecule has 0 heterocycles. The summed E-state index contributed by atoms with van der Waals surface area (Å²) in [5.41, 5.74) is 10.9. The van der Waals surface area contributed by atoms with Gasteiger partial charge in [-0.05, 0) is 116 Å². The van der Waals surface area contributed by atoms with Crippen molar-refractivity contribution < 1.29 is 0 Å². The number of hydrogen-bond donors (Lipinski definition) is 0. The average molecular weight is 576 g/mol. The number of aryl methyl sites for hydroxylation is 2. The third-order valence-corrected chi connectivity index (χ3v) is 8.98. The van der Waals surface area contributed by atoms with Gasteiger partial charge in [0.25, 0.3) is 0 Å². The van der Waals surface area contributed by atoms with Gasteiger partial charge in [0.2, 0.25) is 0 Å². The maximum Gasteiger partial charge on any atom is 0.0468 e. The zero-order chi connectivity index (χ0) is 30.3.